The third kappa shape index (κ3) is 4.35. The van der Waals surface area contributed by atoms with Crippen LogP contribution >= 0.6 is 0 Å². The molecule has 0 aliphatic heterocycles. The number of carbonyl (C=O) groups is 1. The van der Waals surface area contributed by atoms with E-state index in [0.717, 1.165) is 13.1 Å². The Morgan fingerprint density at radius 3 is 2.75 bits per heavy atom. The molecule has 2 N–H and O–H groups in total. The zero-order chi connectivity index (χ0) is 12.0. The van der Waals surface area contributed by atoms with Gasteiger partial charge in [-0.3, -0.25) is 0 Å². The number of carbonyl (C=O) groups excluding carboxylic acids is 1. The fraction of sp³-hybridized carbons (Fsp3) is 0.545. The van der Waals surface area contributed by atoms with E-state index in [0.29, 0.717) is 6.54 Å². The lowest BCUT2D eigenvalue weighted by Gasteiger charge is -2.11. The van der Waals surface area contributed by atoms with Crippen molar-refractivity contribution in [2.24, 2.45) is 7.05 Å². The van der Waals surface area contributed by atoms with E-state index >= 15 is 0 Å². The molecule has 0 bridgehead atoms. The summed E-state index contributed by atoms with van der Waals surface area (Å²) in [7, 11) is 5.46. The summed E-state index contributed by atoms with van der Waals surface area (Å²) in [6.45, 7) is 2.25. The van der Waals surface area contributed by atoms with Gasteiger partial charge < -0.3 is 20.1 Å². The van der Waals surface area contributed by atoms with Gasteiger partial charge in [-0.25, -0.2) is 4.79 Å². The molecule has 0 fully saturated rings. The number of hydrogen-bond acceptors (Lipinski definition) is 2. The number of nitrogens with zero attached hydrogens (tertiary/aromatic N) is 2. The van der Waals surface area contributed by atoms with Gasteiger partial charge in [0.25, 0.3) is 0 Å². The van der Waals surface area contributed by atoms with E-state index in [2.05, 4.69) is 22.9 Å². The molecule has 5 nitrogen and oxygen atoms in total. The second-order valence-electron chi connectivity index (χ2n) is 3.99. The maximum absolute atomic E-state index is 11.2. The molecular formula is C11H20N4O. The first-order valence-corrected chi connectivity index (χ1v) is 5.36. The van der Waals surface area contributed by atoms with Crippen LogP contribution in [0.3, 0.4) is 0 Å². The second kappa shape index (κ2) is 6.17. The van der Waals surface area contributed by atoms with Gasteiger partial charge in [0.1, 0.15) is 0 Å². The number of rotatable bonds is 5. The highest BCUT2D eigenvalue weighted by molar-refractivity contribution is 5.73. The van der Waals surface area contributed by atoms with E-state index in [1.54, 1.807) is 14.1 Å². The van der Waals surface area contributed by atoms with Crippen molar-refractivity contribution in [3.8, 4) is 0 Å². The number of aromatic nitrogens is 1. The van der Waals surface area contributed by atoms with E-state index in [9.17, 15) is 4.79 Å². The Hall–Kier alpha value is -1.49. The molecule has 1 rings (SSSR count). The number of urea groups is 1. The van der Waals surface area contributed by atoms with Crippen molar-refractivity contribution in [3.05, 3.63) is 24.0 Å². The highest BCUT2D eigenvalue weighted by Gasteiger charge is 2.00. The predicted molar refractivity (Wildman–Crippen MR) is 64.2 cm³/mol. The Kier molecular flexibility index (Phi) is 4.85. The summed E-state index contributed by atoms with van der Waals surface area (Å²) in [5.41, 5.74) is 1.25. The van der Waals surface area contributed by atoms with Gasteiger partial charge >= 0.3 is 6.03 Å². The van der Waals surface area contributed by atoms with Gasteiger partial charge in [0, 0.05) is 53.2 Å². The Balaban J connectivity index is 2.06. The third-order valence-corrected chi connectivity index (χ3v) is 2.21. The van der Waals surface area contributed by atoms with Crippen LogP contribution in [-0.4, -0.2) is 42.7 Å². The number of aryl methyl sites for hydroxylation is 1. The standard InChI is InChI=1S/C11H20N4O/c1-14(2)11(16)13-6-5-12-8-10-4-7-15(3)9-10/h4,7,9,12H,5-6,8H2,1-3H3,(H,13,16). The molecule has 0 aromatic carbocycles. The second-order valence-corrected chi connectivity index (χ2v) is 3.99. The maximum atomic E-state index is 11.2. The van der Waals surface area contributed by atoms with E-state index in [-0.39, 0.29) is 6.03 Å². The molecule has 0 saturated heterocycles. The van der Waals surface area contributed by atoms with Crippen molar-refractivity contribution in [1.82, 2.24) is 20.1 Å². The Morgan fingerprint density at radius 2 is 2.19 bits per heavy atom. The van der Waals surface area contributed by atoms with Crippen molar-refractivity contribution < 1.29 is 4.79 Å². The van der Waals surface area contributed by atoms with Gasteiger partial charge in [-0.15, -0.1) is 0 Å². The molecule has 0 saturated carbocycles. The van der Waals surface area contributed by atoms with Gasteiger partial charge in [0.05, 0.1) is 0 Å². The SMILES string of the molecule is CN(C)C(=O)NCCNCc1ccn(C)c1. The zero-order valence-electron chi connectivity index (χ0n) is 10.2. The number of amides is 2. The molecule has 16 heavy (non-hydrogen) atoms. The van der Waals surface area contributed by atoms with Crippen LogP contribution in [0.1, 0.15) is 5.56 Å². The lowest BCUT2D eigenvalue weighted by atomic mass is 10.3. The lowest BCUT2D eigenvalue weighted by Crippen LogP contribution is -2.38. The topological polar surface area (TPSA) is 49.3 Å². The van der Waals surface area contributed by atoms with E-state index < -0.39 is 0 Å². The van der Waals surface area contributed by atoms with Crippen LogP contribution in [0.5, 0.6) is 0 Å². The normalized spacial score (nSPS) is 10.2. The fourth-order valence-electron chi connectivity index (χ4n) is 1.31. The molecule has 1 aromatic heterocycles. The molecule has 0 unspecified atom stereocenters. The fourth-order valence-corrected chi connectivity index (χ4v) is 1.31. The summed E-state index contributed by atoms with van der Waals surface area (Å²) < 4.78 is 2.02. The maximum Gasteiger partial charge on any atom is 0.316 e. The Bertz CT molecular complexity index is 332. The molecule has 5 heteroatoms. The third-order valence-electron chi connectivity index (χ3n) is 2.21. The van der Waals surface area contributed by atoms with Crippen LogP contribution in [0.2, 0.25) is 0 Å². The predicted octanol–water partition coefficient (Wildman–Crippen LogP) is 0.386. The summed E-state index contributed by atoms with van der Waals surface area (Å²) in [5.74, 6) is 0. The molecule has 0 aliphatic rings. The smallest absolute Gasteiger partial charge is 0.316 e. The van der Waals surface area contributed by atoms with Gasteiger partial charge in [-0.05, 0) is 11.6 Å². The average molecular weight is 224 g/mol. The van der Waals surface area contributed by atoms with Crippen molar-refractivity contribution >= 4 is 6.03 Å². The van der Waals surface area contributed by atoms with Gasteiger partial charge in [-0.2, -0.15) is 0 Å². The molecule has 0 radical (unpaired) electrons. The Morgan fingerprint density at radius 1 is 1.44 bits per heavy atom. The first-order chi connectivity index (χ1) is 7.59. The average Bonchev–Trinajstić information content (AvgIpc) is 2.63. The Labute approximate surface area is 96.4 Å². The van der Waals surface area contributed by atoms with Crippen LogP contribution in [0.15, 0.2) is 18.5 Å². The summed E-state index contributed by atoms with van der Waals surface area (Å²) in [6.07, 6.45) is 4.09. The van der Waals surface area contributed by atoms with E-state index in [1.807, 2.05) is 17.8 Å². The minimum absolute atomic E-state index is 0.0542. The van der Waals surface area contributed by atoms with Crippen molar-refractivity contribution in [2.75, 3.05) is 27.2 Å². The summed E-state index contributed by atoms with van der Waals surface area (Å²) in [6, 6.07) is 2.02. The molecule has 0 atom stereocenters. The monoisotopic (exact) mass is 224 g/mol. The molecule has 2 amide bonds. The molecule has 0 aliphatic carbocycles. The van der Waals surface area contributed by atoms with Gasteiger partial charge in [0.15, 0.2) is 0 Å². The largest absolute Gasteiger partial charge is 0.357 e. The minimum Gasteiger partial charge on any atom is -0.357 e. The van der Waals surface area contributed by atoms with Crippen LogP contribution in [0, 0.1) is 0 Å². The summed E-state index contributed by atoms with van der Waals surface area (Å²) in [4.78, 5) is 12.7. The molecule has 1 heterocycles. The summed E-state index contributed by atoms with van der Waals surface area (Å²) >= 11 is 0. The highest BCUT2D eigenvalue weighted by Crippen LogP contribution is 1.97. The minimum atomic E-state index is -0.0542. The van der Waals surface area contributed by atoms with Crippen molar-refractivity contribution in [3.63, 3.8) is 0 Å². The first kappa shape index (κ1) is 12.6. The number of nitrogens with one attached hydrogen (secondary N) is 2. The first-order valence-electron chi connectivity index (χ1n) is 5.36. The van der Waals surface area contributed by atoms with Crippen LogP contribution in [0.4, 0.5) is 4.79 Å². The van der Waals surface area contributed by atoms with E-state index in [1.165, 1.54) is 10.5 Å². The van der Waals surface area contributed by atoms with Crippen LogP contribution < -0.4 is 10.6 Å². The molecule has 0 spiro atoms. The van der Waals surface area contributed by atoms with Crippen LogP contribution in [0.25, 0.3) is 0 Å². The molecular weight excluding hydrogens is 204 g/mol. The quantitative estimate of drug-likeness (QED) is 0.711. The molecule has 90 valence electrons. The van der Waals surface area contributed by atoms with Gasteiger partial charge in [-0.1, -0.05) is 0 Å². The number of hydrogen-bond donors (Lipinski definition) is 2. The lowest BCUT2D eigenvalue weighted by molar-refractivity contribution is 0.217. The van der Waals surface area contributed by atoms with Crippen molar-refractivity contribution in [1.29, 1.82) is 0 Å². The van der Waals surface area contributed by atoms with Crippen LogP contribution in [-0.2, 0) is 13.6 Å². The highest BCUT2D eigenvalue weighted by atomic mass is 16.2. The van der Waals surface area contributed by atoms with Gasteiger partial charge in [0.2, 0.25) is 0 Å². The zero-order valence-corrected chi connectivity index (χ0v) is 10.2. The van der Waals surface area contributed by atoms with Crippen molar-refractivity contribution in [2.45, 2.75) is 6.54 Å². The molecule has 1 aromatic rings. The summed E-state index contributed by atoms with van der Waals surface area (Å²) in [5, 5.41) is 6.06. The van der Waals surface area contributed by atoms with E-state index in [4.69, 9.17) is 0 Å².